The van der Waals surface area contributed by atoms with Crippen molar-refractivity contribution in [1.82, 2.24) is 4.90 Å². The van der Waals surface area contributed by atoms with Gasteiger partial charge in [0.2, 0.25) is 0 Å². The van der Waals surface area contributed by atoms with Gasteiger partial charge in [0.25, 0.3) is 11.7 Å². The number of hydrogen-bond acceptors (Lipinski definition) is 5. The molecule has 1 aromatic carbocycles. The van der Waals surface area contributed by atoms with Crippen molar-refractivity contribution >= 4 is 17.4 Å². The van der Waals surface area contributed by atoms with Gasteiger partial charge in [0.1, 0.15) is 17.6 Å². The van der Waals surface area contributed by atoms with E-state index in [1.54, 1.807) is 12.1 Å². The number of Topliss-reactive ketones (excluding diaryl/α,β-unsaturated/α-hetero) is 1. The molecular weight excluding hydrogens is 317 g/mol. The van der Waals surface area contributed by atoms with Crippen LogP contribution in [0.15, 0.2) is 46.6 Å². The second-order valence-corrected chi connectivity index (χ2v) is 5.27. The molecule has 124 valence electrons. The average molecular weight is 331 g/mol. The van der Waals surface area contributed by atoms with E-state index in [1.807, 2.05) is 0 Å². The van der Waals surface area contributed by atoms with Crippen molar-refractivity contribution in [2.24, 2.45) is 0 Å². The van der Waals surface area contributed by atoms with E-state index >= 15 is 0 Å². The summed E-state index contributed by atoms with van der Waals surface area (Å²) in [5.74, 6) is -2.46. The third-order valence-corrected chi connectivity index (χ3v) is 3.91. The minimum absolute atomic E-state index is 0.00470. The lowest BCUT2D eigenvalue weighted by Gasteiger charge is -2.18. The molecule has 7 heteroatoms. The van der Waals surface area contributed by atoms with Crippen LogP contribution in [0.4, 0.5) is 4.39 Å². The zero-order valence-electron chi connectivity index (χ0n) is 12.9. The molecule has 1 saturated heterocycles. The van der Waals surface area contributed by atoms with Crippen LogP contribution < -0.4 is 4.74 Å². The number of amides is 1. The smallest absolute Gasteiger partial charge is 0.295 e. The van der Waals surface area contributed by atoms with Gasteiger partial charge < -0.3 is 19.2 Å². The highest BCUT2D eigenvalue weighted by molar-refractivity contribution is 6.46. The number of nitrogens with zero attached hydrogens (tertiary/aromatic N) is 1. The van der Waals surface area contributed by atoms with E-state index in [9.17, 15) is 19.1 Å². The van der Waals surface area contributed by atoms with Gasteiger partial charge in [-0.05, 0) is 30.3 Å². The maximum Gasteiger partial charge on any atom is 0.295 e. The Bertz CT molecular complexity index is 841. The Labute approximate surface area is 136 Å². The quantitative estimate of drug-likeness (QED) is 0.531. The van der Waals surface area contributed by atoms with Crippen LogP contribution in [0.3, 0.4) is 0 Å². The van der Waals surface area contributed by atoms with Crippen LogP contribution in [-0.4, -0.2) is 35.9 Å². The fourth-order valence-electron chi connectivity index (χ4n) is 2.70. The molecule has 1 fully saturated rings. The molecule has 6 nitrogen and oxygen atoms in total. The van der Waals surface area contributed by atoms with Crippen molar-refractivity contribution < 1.29 is 28.2 Å². The number of furan rings is 1. The molecule has 0 aliphatic carbocycles. The number of carbonyl (C=O) groups is 2. The minimum atomic E-state index is -0.870. The van der Waals surface area contributed by atoms with Crippen LogP contribution >= 0.6 is 0 Å². The van der Waals surface area contributed by atoms with Gasteiger partial charge in [-0.25, -0.2) is 4.39 Å². The normalized spacial score (nSPS) is 19.8. The highest BCUT2D eigenvalue weighted by Crippen LogP contribution is 2.38. The van der Waals surface area contributed by atoms with Crippen molar-refractivity contribution in [2.75, 3.05) is 14.2 Å². The lowest BCUT2D eigenvalue weighted by atomic mass is 9.99. The van der Waals surface area contributed by atoms with E-state index in [0.717, 1.165) is 6.07 Å². The maximum atomic E-state index is 13.9. The van der Waals surface area contributed by atoms with E-state index in [0.29, 0.717) is 5.76 Å². The topological polar surface area (TPSA) is 80.0 Å². The van der Waals surface area contributed by atoms with Crippen molar-refractivity contribution in [2.45, 2.75) is 6.04 Å². The summed E-state index contributed by atoms with van der Waals surface area (Å²) < 4.78 is 24.0. The van der Waals surface area contributed by atoms with Crippen molar-refractivity contribution in [3.05, 3.63) is 59.3 Å². The highest BCUT2D eigenvalue weighted by atomic mass is 19.1. The van der Waals surface area contributed by atoms with Crippen LogP contribution in [-0.2, 0) is 9.59 Å². The van der Waals surface area contributed by atoms with Crippen LogP contribution in [0.25, 0.3) is 5.76 Å². The highest BCUT2D eigenvalue weighted by Gasteiger charge is 2.45. The number of likely N-dealkylation sites (tertiary alicyclic amines) is 1. The molecule has 2 heterocycles. The predicted octanol–water partition coefficient (Wildman–Crippen LogP) is 2.48. The van der Waals surface area contributed by atoms with Gasteiger partial charge in [0.15, 0.2) is 11.6 Å². The summed E-state index contributed by atoms with van der Waals surface area (Å²) in [7, 11) is 2.75. The average Bonchev–Trinajstić information content (AvgIpc) is 3.17. The molecule has 1 aromatic heterocycles. The van der Waals surface area contributed by atoms with E-state index in [-0.39, 0.29) is 16.9 Å². The van der Waals surface area contributed by atoms with Crippen molar-refractivity contribution in [3.8, 4) is 5.75 Å². The largest absolute Gasteiger partial charge is 0.507 e. The summed E-state index contributed by atoms with van der Waals surface area (Å²) >= 11 is 0. The molecule has 1 amide bonds. The predicted molar refractivity (Wildman–Crippen MR) is 81.7 cm³/mol. The molecule has 24 heavy (non-hydrogen) atoms. The van der Waals surface area contributed by atoms with Gasteiger partial charge in [-0.2, -0.15) is 0 Å². The second kappa shape index (κ2) is 5.84. The number of likely N-dealkylation sites (N-methyl/N-ethyl adjacent to an activating group) is 1. The zero-order valence-corrected chi connectivity index (χ0v) is 12.9. The monoisotopic (exact) mass is 331 g/mol. The van der Waals surface area contributed by atoms with Crippen molar-refractivity contribution in [3.63, 3.8) is 0 Å². The summed E-state index contributed by atoms with van der Waals surface area (Å²) in [6.07, 6.45) is 1.40. The first-order chi connectivity index (χ1) is 11.5. The Morgan fingerprint density at radius 1 is 1.33 bits per heavy atom. The third kappa shape index (κ3) is 2.34. The van der Waals surface area contributed by atoms with Gasteiger partial charge in [-0.15, -0.1) is 0 Å². The standard InChI is InChI=1S/C17H14FNO5/c1-19-14(12-4-3-7-24-12)13(16(21)17(19)22)15(20)9-5-6-11(23-2)10(18)8-9/h3-8,14,20H,1-2H3/b15-13+. The van der Waals surface area contributed by atoms with E-state index in [2.05, 4.69) is 0 Å². The van der Waals surface area contributed by atoms with E-state index in [4.69, 9.17) is 9.15 Å². The number of rotatable bonds is 3. The molecule has 1 aliphatic heterocycles. The number of benzene rings is 1. The molecule has 0 spiro atoms. The number of aliphatic hydroxyl groups excluding tert-OH is 1. The summed E-state index contributed by atoms with van der Waals surface area (Å²) in [5, 5.41) is 10.5. The molecule has 1 N–H and O–H groups in total. The SMILES string of the molecule is COc1ccc(/C(O)=C2\C(=O)C(=O)N(C)C2c2ccco2)cc1F. The molecule has 2 aromatic rings. The Hall–Kier alpha value is -3.09. The second-order valence-electron chi connectivity index (χ2n) is 5.27. The van der Waals surface area contributed by atoms with E-state index < -0.39 is 29.3 Å². The molecular formula is C17H14FNO5. The summed E-state index contributed by atoms with van der Waals surface area (Å²) in [6, 6.07) is 6.10. The summed E-state index contributed by atoms with van der Waals surface area (Å²) in [6.45, 7) is 0. The molecule has 0 radical (unpaired) electrons. The fourth-order valence-corrected chi connectivity index (χ4v) is 2.70. The number of carbonyl (C=O) groups excluding carboxylic acids is 2. The Morgan fingerprint density at radius 2 is 2.08 bits per heavy atom. The molecule has 1 atom stereocenters. The number of aliphatic hydroxyl groups is 1. The summed E-state index contributed by atoms with van der Waals surface area (Å²) in [5.41, 5.74) is -0.0849. The van der Waals surface area contributed by atoms with E-state index in [1.165, 1.54) is 37.5 Å². The van der Waals surface area contributed by atoms with Gasteiger partial charge in [-0.1, -0.05) is 0 Å². The van der Waals surface area contributed by atoms with Gasteiger partial charge >= 0.3 is 0 Å². The van der Waals surface area contributed by atoms with Gasteiger partial charge in [0, 0.05) is 12.6 Å². The fraction of sp³-hybridized carbons (Fsp3) is 0.176. The Morgan fingerprint density at radius 3 is 2.67 bits per heavy atom. The first kappa shape index (κ1) is 15.8. The number of hydrogen-bond donors (Lipinski definition) is 1. The van der Waals surface area contributed by atoms with Crippen LogP contribution in [0.5, 0.6) is 5.75 Å². The lowest BCUT2D eigenvalue weighted by molar-refractivity contribution is -0.139. The van der Waals surface area contributed by atoms with Gasteiger partial charge in [-0.3, -0.25) is 9.59 Å². The molecule has 1 aliphatic rings. The number of ketones is 1. The molecule has 0 saturated carbocycles. The maximum absolute atomic E-state index is 13.9. The lowest BCUT2D eigenvalue weighted by Crippen LogP contribution is -2.24. The third-order valence-electron chi connectivity index (χ3n) is 3.91. The Kier molecular flexibility index (Phi) is 3.84. The molecule has 1 unspecified atom stereocenters. The van der Waals surface area contributed by atoms with Crippen molar-refractivity contribution in [1.29, 1.82) is 0 Å². The molecule has 0 bridgehead atoms. The first-order valence-electron chi connectivity index (χ1n) is 7.07. The summed E-state index contributed by atoms with van der Waals surface area (Å²) in [4.78, 5) is 25.5. The number of halogens is 1. The zero-order chi connectivity index (χ0) is 17.4. The van der Waals surface area contributed by atoms with Crippen LogP contribution in [0.2, 0.25) is 0 Å². The molecule has 3 rings (SSSR count). The van der Waals surface area contributed by atoms with Gasteiger partial charge in [0.05, 0.1) is 18.9 Å². The minimum Gasteiger partial charge on any atom is -0.507 e. The van der Waals surface area contributed by atoms with Crippen LogP contribution in [0, 0.1) is 5.82 Å². The number of ether oxygens (including phenoxy) is 1. The van der Waals surface area contributed by atoms with Crippen LogP contribution in [0.1, 0.15) is 17.4 Å². The Balaban J connectivity index is 2.15. The first-order valence-corrected chi connectivity index (χ1v) is 7.07. The number of methoxy groups -OCH3 is 1.